The van der Waals surface area contributed by atoms with Crippen molar-refractivity contribution in [2.45, 2.75) is 81.9 Å². The van der Waals surface area contributed by atoms with E-state index in [0.29, 0.717) is 10.2 Å². The minimum atomic E-state index is -4.47. The summed E-state index contributed by atoms with van der Waals surface area (Å²) in [5, 5.41) is 14.4. The Morgan fingerprint density at radius 3 is 2.51 bits per heavy atom. The number of nitrogens with one attached hydrogen (secondary N) is 1. The van der Waals surface area contributed by atoms with Crippen LogP contribution in [-0.2, 0) is 29.6 Å². The van der Waals surface area contributed by atoms with Gasteiger partial charge in [0.1, 0.15) is 16.2 Å². The van der Waals surface area contributed by atoms with E-state index in [9.17, 15) is 31.5 Å². The lowest BCUT2D eigenvalue weighted by Crippen LogP contribution is -2.57. The number of amides is 2. The first-order valence-corrected chi connectivity index (χ1v) is 17.3. The van der Waals surface area contributed by atoms with Gasteiger partial charge in [0, 0.05) is 18.0 Å². The summed E-state index contributed by atoms with van der Waals surface area (Å²) < 4.78 is 61.2. The van der Waals surface area contributed by atoms with Crippen LogP contribution in [0.5, 0.6) is 0 Å². The van der Waals surface area contributed by atoms with Crippen LogP contribution in [0, 0.1) is 17.8 Å². The van der Waals surface area contributed by atoms with Crippen LogP contribution < -0.4 is 9.62 Å². The van der Waals surface area contributed by atoms with Crippen LogP contribution in [0.3, 0.4) is 0 Å². The molecule has 3 fully saturated rings. The number of hydrogen-bond donors (Lipinski definition) is 2. The molecule has 2 aliphatic heterocycles. The van der Waals surface area contributed by atoms with Gasteiger partial charge in [0.2, 0.25) is 10.0 Å². The number of fused-ring (bicyclic) bond motifs is 6. The predicted octanol–water partition coefficient (Wildman–Crippen LogP) is 3.52. The Hall–Kier alpha value is -3.13. The number of nitrogens with zero attached hydrogens (tertiary/aromatic N) is 3. The molecule has 2 N–H and O–H groups in total. The summed E-state index contributed by atoms with van der Waals surface area (Å²) in [4.78, 5) is 28.2. The van der Waals surface area contributed by atoms with Gasteiger partial charge in [0.15, 0.2) is 5.84 Å². The van der Waals surface area contributed by atoms with Gasteiger partial charge < -0.3 is 20.1 Å². The average Bonchev–Trinajstić information content (AvgIpc) is 3.62. The zero-order valence-corrected chi connectivity index (χ0v) is 24.7. The molecule has 1 aromatic rings. The Morgan fingerprint density at radius 2 is 1.85 bits per heavy atom. The van der Waals surface area contributed by atoms with Gasteiger partial charge in [-0.05, 0) is 76.0 Å². The molecule has 3 saturated carbocycles. The Kier molecular flexibility index (Phi) is 6.64. The van der Waals surface area contributed by atoms with E-state index in [2.05, 4.69) is 9.71 Å². The maximum Gasteiger partial charge on any atom is 0.428 e. The van der Waals surface area contributed by atoms with Gasteiger partial charge in [-0.1, -0.05) is 12.8 Å². The quantitative estimate of drug-likeness (QED) is 0.511. The van der Waals surface area contributed by atoms with Crippen LogP contribution in [-0.4, -0.2) is 69.1 Å². The van der Waals surface area contributed by atoms with Gasteiger partial charge in [-0.25, -0.2) is 13.2 Å². The maximum absolute atomic E-state index is 14.0. The van der Waals surface area contributed by atoms with Crippen molar-refractivity contribution in [2.75, 3.05) is 15.9 Å². The molecule has 2 heterocycles. The van der Waals surface area contributed by atoms with E-state index in [1.807, 2.05) is 4.90 Å². The standard InChI is InChI=1S/C27H34N4O8S2/c1-14(2)39-27(34)31(40(3,35)36)18-10-11-19-20(13-18)41(37,38)29-25(28-19)22-24(32)21-15-8-9-16(12-15)23(21)30(26(22)33)17-6-4-5-7-17/h10-11,13-17,21,23,32H,4-9,12H2,1-3H3,(H,28,29)/t15-,16+,21?,23?/m0/s1. The Balaban J connectivity index is 1.40. The van der Waals surface area contributed by atoms with E-state index >= 15 is 0 Å². The molecule has 2 unspecified atom stereocenters. The fraction of sp³-hybridized carbons (Fsp3) is 0.593. The highest BCUT2D eigenvalue weighted by molar-refractivity contribution is 7.92. The molecule has 2 bridgehead atoms. The number of ether oxygens (including phenoxy) is 1. The first-order valence-electron chi connectivity index (χ1n) is 14.0. The van der Waals surface area contributed by atoms with Gasteiger partial charge in [0.05, 0.1) is 23.7 Å². The number of rotatable bonds is 5. The van der Waals surface area contributed by atoms with E-state index in [-0.39, 0.29) is 57.4 Å². The highest BCUT2D eigenvalue weighted by Gasteiger charge is 2.58. The number of hydrogen-bond acceptors (Lipinski definition) is 9. The molecule has 0 saturated heterocycles. The number of anilines is 2. The minimum absolute atomic E-state index is 0.0417. The molecule has 14 heteroatoms. The van der Waals surface area contributed by atoms with E-state index in [1.54, 1.807) is 13.8 Å². The first kappa shape index (κ1) is 28.0. The lowest BCUT2D eigenvalue weighted by atomic mass is 9.77. The number of aliphatic hydroxyl groups excluding tert-OH is 1. The molecule has 5 aliphatic rings. The third-order valence-electron chi connectivity index (χ3n) is 8.95. The van der Waals surface area contributed by atoms with Gasteiger partial charge in [-0.2, -0.15) is 12.7 Å². The van der Waals surface area contributed by atoms with E-state index < -0.39 is 38.2 Å². The maximum atomic E-state index is 14.0. The number of amidine groups is 1. The first-order chi connectivity index (χ1) is 19.3. The second-order valence-corrected chi connectivity index (χ2v) is 15.3. The lowest BCUT2D eigenvalue weighted by molar-refractivity contribution is -0.136. The summed E-state index contributed by atoms with van der Waals surface area (Å²) in [6.07, 6.45) is 5.70. The molecule has 4 atom stereocenters. The molecule has 6 rings (SSSR count). The Labute approximate surface area is 239 Å². The van der Waals surface area contributed by atoms with Gasteiger partial charge in [-0.3, -0.25) is 4.79 Å². The van der Waals surface area contributed by atoms with E-state index in [4.69, 9.17) is 4.74 Å². The number of benzene rings is 1. The molecule has 0 radical (unpaired) electrons. The fourth-order valence-electron chi connectivity index (χ4n) is 7.47. The fourth-order valence-corrected chi connectivity index (χ4v) is 9.42. The van der Waals surface area contributed by atoms with Crippen molar-refractivity contribution in [1.29, 1.82) is 0 Å². The highest BCUT2D eigenvalue weighted by atomic mass is 32.2. The van der Waals surface area contributed by atoms with Crippen LogP contribution >= 0.6 is 0 Å². The molecule has 12 nitrogen and oxygen atoms in total. The third kappa shape index (κ3) is 4.59. The zero-order valence-electron chi connectivity index (χ0n) is 23.1. The van der Waals surface area contributed by atoms with Gasteiger partial charge in [0.25, 0.3) is 15.9 Å². The number of carbonyl (C=O) groups is 2. The smallest absolute Gasteiger partial charge is 0.428 e. The molecule has 0 aromatic heterocycles. The van der Waals surface area contributed by atoms with Crippen LogP contribution in [0.4, 0.5) is 16.2 Å². The lowest BCUT2D eigenvalue weighted by Gasteiger charge is -2.46. The summed E-state index contributed by atoms with van der Waals surface area (Å²) in [7, 11) is -8.65. The summed E-state index contributed by atoms with van der Waals surface area (Å²) in [6, 6.07) is 3.55. The molecule has 41 heavy (non-hydrogen) atoms. The normalized spacial score (nSPS) is 28.8. The highest BCUT2D eigenvalue weighted by Crippen LogP contribution is 2.56. The minimum Gasteiger partial charge on any atom is -0.511 e. The van der Waals surface area contributed by atoms with Crippen LogP contribution in [0.25, 0.3) is 0 Å². The Morgan fingerprint density at radius 1 is 1.17 bits per heavy atom. The molecular formula is C27H34N4O8S2. The van der Waals surface area contributed by atoms with Gasteiger partial charge in [-0.15, -0.1) is 4.40 Å². The topological polar surface area (TPSA) is 163 Å². The molecule has 0 spiro atoms. The zero-order chi connectivity index (χ0) is 29.4. The van der Waals surface area contributed by atoms with Crippen LogP contribution in [0.2, 0.25) is 0 Å². The molecular weight excluding hydrogens is 572 g/mol. The second kappa shape index (κ2) is 9.72. The average molecular weight is 607 g/mol. The monoisotopic (exact) mass is 606 g/mol. The van der Waals surface area contributed by atoms with Crippen molar-refractivity contribution < 1.29 is 36.3 Å². The van der Waals surface area contributed by atoms with Crippen molar-refractivity contribution >= 4 is 49.3 Å². The summed E-state index contributed by atoms with van der Waals surface area (Å²) in [5.74, 6) is -0.487. The van der Waals surface area contributed by atoms with Crippen LogP contribution in [0.1, 0.15) is 58.8 Å². The van der Waals surface area contributed by atoms with Crippen molar-refractivity contribution in [3.63, 3.8) is 0 Å². The van der Waals surface area contributed by atoms with Crippen molar-refractivity contribution in [3.05, 3.63) is 29.5 Å². The van der Waals surface area contributed by atoms with Crippen molar-refractivity contribution in [2.24, 2.45) is 22.2 Å². The van der Waals surface area contributed by atoms with Crippen LogP contribution in [0.15, 0.2) is 38.8 Å². The molecule has 3 aliphatic carbocycles. The molecule has 2 amide bonds. The Bertz CT molecular complexity index is 1590. The SMILES string of the molecule is CC(C)OC(=O)N(c1ccc2c(c1)S(=O)(=O)N=C(C1=C(O)C3C([C@@H]4CC[C@H]3C4)N(C3CCCC3)C1=O)N2)S(C)(=O)=O. The second-order valence-electron chi connectivity index (χ2n) is 11.9. The van der Waals surface area contributed by atoms with E-state index in [1.165, 1.54) is 12.1 Å². The van der Waals surface area contributed by atoms with Gasteiger partial charge >= 0.3 is 6.09 Å². The predicted molar refractivity (Wildman–Crippen MR) is 150 cm³/mol. The van der Waals surface area contributed by atoms with Crippen molar-refractivity contribution in [3.8, 4) is 0 Å². The number of sulfonamides is 2. The number of aliphatic hydroxyl groups is 1. The largest absolute Gasteiger partial charge is 0.511 e. The summed E-state index contributed by atoms with van der Waals surface area (Å²) in [6.45, 7) is 3.11. The summed E-state index contributed by atoms with van der Waals surface area (Å²) >= 11 is 0. The van der Waals surface area contributed by atoms with E-state index in [0.717, 1.165) is 57.3 Å². The molecule has 222 valence electrons. The molecule has 1 aromatic carbocycles. The third-order valence-corrected chi connectivity index (χ3v) is 11.3. The summed E-state index contributed by atoms with van der Waals surface area (Å²) in [5.41, 5.74) is -0.323. The number of carbonyl (C=O) groups excluding carboxylic acids is 2. The van der Waals surface area contributed by atoms with Crippen molar-refractivity contribution in [1.82, 2.24) is 4.90 Å².